The zero-order chi connectivity index (χ0) is 19.8. The van der Waals surface area contributed by atoms with Crippen LogP contribution in [0.1, 0.15) is 11.1 Å². The average molecular weight is 405 g/mol. The van der Waals surface area contributed by atoms with Crippen molar-refractivity contribution < 1.29 is 32.9 Å². The highest BCUT2D eigenvalue weighted by molar-refractivity contribution is 6.18. The van der Waals surface area contributed by atoms with Gasteiger partial charge in [-0.05, 0) is 29.3 Å². The maximum absolute atomic E-state index is 14.2. The second-order valence-electron chi connectivity index (χ2n) is 5.91. The van der Waals surface area contributed by atoms with Crippen LogP contribution in [-0.4, -0.2) is 48.2 Å². The fourth-order valence-electron chi connectivity index (χ4n) is 2.21. The molecule has 2 atom stereocenters. The van der Waals surface area contributed by atoms with Crippen molar-refractivity contribution >= 4 is 11.6 Å². The summed E-state index contributed by atoms with van der Waals surface area (Å²) in [5, 5.41) is 18.4. The Morgan fingerprint density at radius 1 is 0.889 bits per heavy atom. The van der Waals surface area contributed by atoms with Gasteiger partial charge in [-0.1, -0.05) is 18.2 Å². The molecule has 0 radical (unpaired) electrons. The smallest absolute Gasteiger partial charge is 0.200 e. The average Bonchev–Trinajstić information content (AvgIpc) is 2.69. The first kappa shape index (κ1) is 21.3. The lowest BCUT2D eigenvalue weighted by Crippen LogP contribution is -2.20. The van der Waals surface area contributed by atoms with Crippen molar-refractivity contribution in [3.63, 3.8) is 0 Å². The quantitative estimate of drug-likeness (QED) is 0.597. The summed E-state index contributed by atoms with van der Waals surface area (Å²) in [5.41, 5.74) is 0.845. The van der Waals surface area contributed by atoms with E-state index in [0.29, 0.717) is 5.75 Å². The molecule has 0 fully saturated rings. The van der Waals surface area contributed by atoms with Crippen LogP contribution in [0.2, 0.25) is 0 Å². The summed E-state index contributed by atoms with van der Waals surface area (Å²) in [6.45, 7) is -1.44. The number of halogens is 4. The second kappa shape index (κ2) is 10.4. The standard InChI is InChI=1S/C19H20ClF3O4/c20-8-14(24)10-26-16-4-1-12(2-5-16)7-13-3-6-17(19(23)18(13)22)27-11-15(25)9-21/h1-6,14-15,24-25H,7-11H2/t14-,15-/m1/s1. The first-order valence-electron chi connectivity index (χ1n) is 8.24. The molecule has 2 rings (SSSR count). The Labute approximate surface area is 160 Å². The van der Waals surface area contributed by atoms with E-state index in [4.69, 9.17) is 26.2 Å². The van der Waals surface area contributed by atoms with Gasteiger partial charge in [-0.15, -0.1) is 11.6 Å². The van der Waals surface area contributed by atoms with E-state index in [2.05, 4.69) is 0 Å². The third-order valence-corrected chi connectivity index (χ3v) is 4.03. The predicted molar refractivity (Wildman–Crippen MR) is 95.3 cm³/mol. The Balaban J connectivity index is 2.01. The van der Waals surface area contributed by atoms with Crippen molar-refractivity contribution in [1.29, 1.82) is 0 Å². The van der Waals surface area contributed by atoms with Crippen LogP contribution in [0, 0.1) is 11.6 Å². The molecule has 0 spiro atoms. The minimum atomic E-state index is -1.39. The minimum absolute atomic E-state index is 0.0568. The van der Waals surface area contributed by atoms with Crippen LogP contribution in [0.25, 0.3) is 0 Å². The van der Waals surface area contributed by atoms with Gasteiger partial charge in [-0.2, -0.15) is 4.39 Å². The largest absolute Gasteiger partial charge is 0.491 e. The fourth-order valence-corrected chi connectivity index (χ4v) is 2.30. The third-order valence-electron chi connectivity index (χ3n) is 3.67. The Kier molecular flexibility index (Phi) is 8.22. The Bertz CT molecular complexity index is 728. The molecule has 0 aliphatic heterocycles. The van der Waals surface area contributed by atoms with Crippen LogP contribution < -0.4 is 9.47 Å². The molecule has 0 heterocycles. The molecule has 0 saturated carbocycles. The summed E-state index contributed by atoms with van der Waals surface area (Å²) >= 11 is 5.48. The molecule has 8 heteroatoms. The van der Waals surface area contributed by atoms with Crippen molar-refractivity contribution in [2.45, 2.75) is 18.6 Å². The molecule has 0 aromatic heterocycles. The molecular formula is C19H20ClF3O4. The lowest BCUT2D eigenvalue weighted by atomic mass is 10.0. The predicted octanol–water partition coefficient (Wildman–Crippen LogP) is 3.24. The van der Waals surface area contributed by atoms with Crippen LogP contribution in [0.4, 0.5) is 13.2 Å². The first-order chi connectivity index (χ1) is 12.9. The van der Waals surface area contributed by atoms with Gasteiger partial charge in [-0.25, -0.2) is 8.78 Å². The van der Waals surface area contributed by atoms with Crippen molar-refractivity contribution in [3.8, 4) is 11.5 Å². The van der Waals surface area contributed by atoms with Gasteiger partial charge in [-0.3, -0.25) is 0 Å². The van der Waals surface area contributed by atoms with Gasteiger partial charge in [0.25, 0.3) is 0 Å². The van der Waals surface area contributed by atoms with E-state index in [-0.39, 0.29) is 30.2 Å². The number of ether oxygens (including phenoxy) is 2. The molecule has 2 aromatic rings. The lowest BCUT2D eigenvalue weighted by Gasteiger charge is -2.12. The van der Waals surface area contributed by atoms with Crippen LogP contribution >= 0.6 is 11.6 Å². The number of hydrogen-bond donors (Lipinski definition) is 2. The summed E-state index contributed by atoms with van der Waals surface area (Å²) in [7, 11) is 0. The highest BCUT2D eigenvalue weighted by atomic mass is 35.5. The van der Waals surface area contributed by atoms with Gasteiger partial charge >= 0.3 is 0 Å². The van der Waals surface area contributed by atoms with E-state index in [1.165, 1.54) is 12.1 Å². The number of aliphatic hydroxyl groups excluding tert-OH is 2. The van der Waals surface area contributed by atoms with Gasteiger partial charge in [0.2, 0.25) is 5.82 Å². The summed E-state index contributed by atoms with van der Waals surface area (Å²) in [6, 6.07) is 9.31. The van der Waals surface area contributed by atoms with Gasteiger partial charge in [0, 0.05) is 6.42 Å². The van der Waals surface area contributed by atoms with Crippen molar-refractivity contribution in [3.05, 3.63) is 59.2 Å². The maximum Gasteiger partial charge on any atom is 0.200 e. The van der Waals surface area contributed by atoms with E-state index in [1.807, 2.05) is 0 Å². The number of benzene rings is 2. The Morgan fingerprint density at radius 2 is 1.56 bits per heavy atom. The van der Waals surface area contributed by atoms with E-state index < -0.39 is 37.1 Å². The zero-order valence-electron chi connectivity index (χ0n) is 14.4. The topological polar surface area (TPSA) is 58.9 Å². The number of rotatable bonds is 10. The SMILES string of the molecule is O[C@H](CCl)COc1ccc(Cc2ccc(OC[C@H](O)CF)c(F)c2F)cc1. The monoisotopic (exact) mass is 404 g/mol. The van der Waals surface area contributed by atoms with E-state index in [9.17, 15) is 18.3 Å². The summed E-state index contributed by atoms with van der Waals surface area (Å²) in [4.78, 5) is 0. The minimum Gasteiger partial charge on any atom is -0.491 e. The van der Waals surface area contributed by atoms with Crippen molar-refractivity contribution in [2.75, 3.05) is 25.8 Å². The van der Waals surface area contributed by atoms with E-state index in [1.54, 1.807) is 24.3 Å². The molecule has 2 N–H and O–H groups in total. The van der Waals surface area contributed by atoms with E-state index in [0.717, 1.165) is 5.56 Å². The third kappa shape index (κ3) is 6.30. The van der Waals surface area contributed by atoms with Gasteiger partial charge < -0.3 is 19.7 Å². The molecule has 2 aromatic carbocycles. The lowest BCUT2D eigenvalue weighted by molar-refractivity contribution is 0.0820. The zero-order valence-corrected chi connectivity index (χ0v) is 15.1. The molecular weight excluding hydrogens is 385 g/mol. The van der Waals surface area contributed by atoms with Gasteiger partial charge in [0.15, 0.2) is 11.6 Å². The molecule has 148 valence electrons. The normalized spacial score (nSPS) is 13.3. The van der Waals surface area contributed by atoms with Gasteiger partial charge in [0.05, 0.1) is 5.88 Å². The molecule has 27 heavy (non-hydrogen) atoms. The van der Waals surface area contributed by atoms with Crippen molar-refractivity contribution in [2.24, 2.45) is 0 Å². The summed E-state index contributed by atoms with van der Waals surface area (Å²) in [6.07, 6.45) is -2.02. The van der Waals surface area contributed by atoms with Crippen LogP contribution in [-0.2, 0) is 6.42 Å². The van der Waals surface area contributed by atoms with Crippen molar-refractivity contribution in [1.82, 2.24) is 0 Å². The molecule has 0 bridgehead atoms. The summed E-state index contributed by atoms with van der Waals surface area (Å²) in [5.74, 6) is -2.05. The molecule has 0 aliphatic carbocycles. The Morgan fingerprint density at radius 3 is 2.19 bits per heavy atom. The number of aliphatic hydroxyl groups is 2. The van der Waals surface area contributed by atoms with Crippen LogP contribution in [0.15, 0.2) is 36.4 Å². The second-order valence-corrected chi connectivity index (χ2v) is 6.22. The molecule has 0 amide bonds. The highest BCUT2D eigenvalue weighted by Crippen LogP contribution is 2.25. The number of alkyl halides is 2. The number of hydrogen-bond acceptors (Lipinski definition) is 4. The van der Waals surface area contributed by atoms with Gasteiger partial charge in [0.1, 0.15) is 37.8 Å². The first-order valence-corrected chi connectivity index (χ1v) is 8.77. The van der Waals surface area contributed by atoms with E-state index >= 15 is 0 Å². The maximum atomic E-state index is 14.2. The highest BCUT2D eigenvalue weighted by Gasteiger charge is 2.16. The Hall–Kier alpha value is -1.96. The molecule has 0 unspecified atom stereocenters. The molecule has 4 nitrogen and oxygen atoms in total. The molecule has 0 aliphatic rings. The van der Waals surface area contributed by atoms with Crippen LogP contribution in [0.5, 0.6) is 11.5 Å². The molecule has 0 saturated heterocycles. The fraction of sp³-hybridized carbons (Fsp3) is 0.368. The summed E-state index contributed by atoms with van der Waals surface area (Å²) < 4.78 is 50.7. The van der Waals surface area contributed by atoms with Crippen LogP contribution in [0.3, 0.4) is 0 Å².